The van der Waals surface area contributed by atoms with Crippen molar-refractivity contribution in [3.05, 3.63) is 59.4 Å². The molecule has 2 amide bonds. The van der Waals surface area contributed by atoms with Crippen molar-refractivity contribution in [1.82, 2.24) is 4.90 Å². The van der Waals surface area contributed by atoms with Crippen LogP contribution in [-0.2, 0) is 11.3 Å². The maximum atomic E-state index is 13.9. The Morgan fingerprint density at radius 3 is 2.36 bits per heavy atom. The first-order chi connectivity index (χ1) is 15.9. The number of benzene rings is 2. The number of nitrogens with zero attached hydrogens (tertiary/aromatic N) is 2. The van der Waals surface area contributed by atoms with Gasteiger partial charge >= 0.3 is 0 Å². The predicted molar refractivity (Wildman–Crippen MR) is 130 cm³/mol. The van der Waals surface area contributed by atoms with Gasteiger partial charge in [0.15, 0.2) is 0 Å². The largest absolute Gasteiger partial charge is 0.377 e. The van der Waals surface area contributed by atoms with Crippen LogP contribution < -0.4 is 10.2 Å². The molecule has 2 saturated carbocycles. The van der Waals surface area contributed by atoms with Crippen molar-refractivity contribution in [2.75, 3.05) is 24.3 Å². The van der Waals surface area contributed by atoms with Crippen LogP contribution in [0.2, 0.25) is 0 Å². The lowest BCUT2D eigenvalue weighted by Crippen LogP contribution is -2.41. The first-order valence-electron chi connectivity index (χ1n) is 12.1. The van der Waals surface area contributed by atoms with E-state index in [1.165, 1.54) is 18.6 Å². The molecule has 2 aliphatic carbocycles. The Balaban J connectivity index is 1.63. The van der Waals surface area contributed by atoms with E-state index >= 15 is 0 Å². The highest BCUT2D eigenvalue weighted by Crippen LogP contribution is 2.31. The Hall–Kier alpha value is -2.89. The van der Waals surface area contributed by atoms with Crippen LogP contribution in [0.15, 0.2) is 42.5 Å². The zero-order valence-electron chi connectivity index (χ0n) is 19.6. The number of halogens is 1. The Labute approximate surface area is 196 Å². The second-order valence-electron chi connectivity index (χ2n) is 9.59. The van der Waals surface area contributed by atoms with Gasteiger partial charge in [-0.1, -0.05) is 31.7 Å². The van der Waals surface area contributed by atoms with Crippen molar-refractivity contribution in [3.8, 4) is 0 Å². The summed E-state index contributed by atoms with van der Waals surface area (Å²) in [7, 11) is 3.95. The van der Waals surface area contributed by atoms with E-state index in [4.69, 9.17) is 0 Å². The third-order valence-corrected chi connectivity index (χ3v) is 6.99. The van der Waals surface area contributed by atoms with Gasteiger partial charge < -0.3 is 15.1 Å². The molecule has 0 aliphatic heterocycles. The average molecular weight is 452 g/mol. The van der Waals surface area contributed by atoms with E-state index in [1.54, 1.807) is 12.1 Å². The van der Waals surface area contributed by atoms with Gasteiger partial charge in [-0.3, -0.25) is 9.59 Å². The van der Waals surface area contributed by atoms with Gasteiger partial charge in [-0.05, 0) is 67.6 Å². The maximum absolute atomic E-state index is 13.9. The lowest BCUT2D eigenvalue weighted by Gasteiger charge is -2.35. The molecule has 2 aromatic carbocycles. The van der Waals surface area contributed by atoms with Gasteiger partial charge in [-0.25, -0.2) is 4.39 Å². The van der Waals surface area contributed by atoms with Crippen LogP contribution in [0.1, 0.15) is 67.3 Å². The normalized spacial score (nSPS) is 16.7. The molecule has 2 aromatic rings. The molecule has 2 aliphatic rings. The molecule has 0 atom stereocenters. The van der Waals surface area contributed by atoms with Gasteiger partial charge in [-0.2, -0.15) is 0 Å². The SMILES string of the molecule is CN(C)c1ccc(NC(=O)C2CCC2)cc1CN(C(=O)c1cccc(F)c1)C1CCCCC1. The predicted octanol–water partition coefficient (Wildman–Crippen LogP) is 5.61. The van der Waals surface area contributed by atoms with E-state index in [9.17, 15) is 14.0 Å². The van der Waals surface area contributed by atoms with Crippen LogP contribution in [0.25, 0.3) is 0 Å². The Bertz CT molecular complexity index is 997. The first kappa shape index (κ1) is 23.3. The van der Waals surface area contributed by atoms with Crippen molar-refractivity contribution in [1.29, 1.82) is 0 Å². The zero-order valence-corrected chi connectivity index (χ0v) is 19.6. The number of carbonyl (C=O) groups is 2. The molecule has 0 radical (unpaired) electrons. The third kappa shape index (κ3) is 5.55. The fourth-order valence-electron chi connectivity index (χ4n) is 4.87. The number of amides is 2. The molecule has 0 bridgehead atoms. The molecule has 0 heterocycles. The topological polar surface area (TPSA) is 52.7 Å². The maximum Gasteiger partial charge on any atom is 0.254 e. The Kier molecular flexibility index (Phi) is 7.31. The molecule has 0 spiro atoms. The Morgan fingerprint density at radius 2 is 1.73 bits per heavy atom. The summed E-state index contributed by atoms with van der Waals surface area (Å²) in [4.78, 5) is 30.0. The summed E-state index contributed by atoms with van der Waals surface area (Å²) < 4.78 is 13.9. The lowest BCUT2D eigenvalue weighted by atomic mass is 9.85. The highest BCUT2D eigenvalue weighted by molar-refractivity contribution is 5.95. The van der Waals surface area contributed by atoms with E-state index < -0.39 is 5.82 Å². The molecule has 0 saturated heterocycles. The van der Waals surface area contributed by atoms with Crippen LogP contribution in [0, 0.1) is 11.7 Å². The van der Waals surface area contributed by atoms with Crippen LogP contribution in [0.5, 0.6) is 0 Å². The standard InChI is InChI=1S/C27H34FN3O2/c1-30(2)25-15-14-23(29-26(32)19-8-6-9-19)17-21(25)18-31(24-12-4-3-5-13-24)27(33)20-10-7-11-22(28)16-20/h7,10-11,14-17,19,24H,3-6,8-9,12-13,18H2,1-2H3,(H,29,32). The minimum absolute atomic E-state index is 0.0739. The fraction of sp³-hybridized carbons (Fsp3) is 0.481. The molecule has 2 fully saturated rings. The number of anilines is 2. The van der Waals surface area contributed by atoms with Gasteiger partial charge in [-0.15, -0.1) is 0 Å². The number of hydrogen-bond donors (Lipinski definition) is 1. The molecule has 33 heavy (non-hydrogen) atoms. The van der Waals surface area contributed by atoms with Crippen molar-refractivity contribution < 1.29 is 14.0 Å². The highest BCUT2D eigenvalue weighted by atomic mass is 19.1. The Morgan fingerprint density at radius 1 is 0.970 bits per heavy atom. The van der Waals surface area contributed by atoms with Crippen molar-refractivity contribution in [2.24, 2.45) is 5.92 Å². The molecular weight excluding hydrogens is 417 g/mol. The summed E-state index contributed by atoms with van der Waals surface area (Å²) in [5.74, 6) is -0.366. The number of carbonyl (C=O) groups excluding carboxylic acids is 2. The summed E-state index contributed by atoms with van der Waals surface area (Å²) in [6, 6.07) is 12.0. The van der Waals surface area contributed by atoms with Gasteiger partial charge in [0.1, 0.15) is 5.82 Å². The smallest absolute Gasteiger partial charge is 0.254 e. The summed E-state index contributed by atoms with van der Waals surface area (Å²) in [6.07, 6.45) is 8.29. The fourth-order valence-corrected chi connectivity index (χ4v) is 4.87. The van der Waals surface area contributed by atoms with Gasteiger partial charge in [0.05, 0.1) is 0 Å². The average Bonchev–Trinajstić information content (AvgIpc) is 2.76. The van der Waals surface area contributed by atoms with Gasteiger partial charge in [0.2, 0.25) is 5.91 Å². The lowest BCUT2D eigenvalue weighted by molar-refractivity contribution is -0.122. The molecular formula is C27H34FN3O2. The van der Waals surface area contributed by atoms with E-state index in [0.29, 0.717) is 12.1 Å². The molecule has 1 N–H and O–H groups in total. The number of rotatable bonds is 7. The van der Waals surface area contributed by atoms with E-state index in [1.807, 2.05) is 42.1 Å². The molecule has 0 unspecified atom stereocenters. The second-order valence-corrected chi connectivity index (χ2v) is 9.59. The van der Waals surface area contributed by atoms with Crippen LogP contribution in [0.4, 0.5) is 15.8 Å². The summed E-state index contributed by atoms with van der Waals surface area (Å²) in [5.41, 5.74) is 3.11. The molecule has 176 valence electrons. The molecule has 6 heteroatoms. The first-order valence-corrected chi connectivity index (χ1v) is 12.1. The number of nitrogens with one attached hydrogen (secondary N) is 1. The van der Waals surface area contributed by atoms with Crippen molar-refractivity contribution >= 4 is 23.2 Å². The second kappa shape index (κ2) is 10.4. The van der Waals surface area contributed by atoms with Gasteiger partial charge in [0.25, 0.3) is 5.91 Å². The zero-order chi connectivity index (χ0) is 23.4. The highest BCUT2D eigenvalue weighted by Gasteiger charge is 2.28. The minimum Gasteiger partial charge on any atom is -0.377 e. The monoisotopic (exact) mass is 451 g/mol. The van der Waals surface area contributed by atoms with Gasteiger partial charge in [0, 0.05) is 49.5 Å². The van der Waals surface area contributed by atoms with E-state index in [-0.39, 0.29) is 23.8 Å². The summed E-state index contributed by atoms with van der Waals surface area (Å²) in [6.45, 7) is 0.417. The van der Waals surface area contributed by atoms with Crippen LogP contribution in [-0.4, -0.2) is 36.9 Å². The van der Waals surface area contributed by atoms with Crippen LogP contribution in [0.3, 0.4) is 0 Å². The summed E-state index contributed by atoms with van der Waals surface area (Å²) >= 11 is 0. The summed E-state index contributed by atoms with van der Waals surface area (Å²) in [5, 5.41) is 3.06. The third-order valence-electron chi connectivity index (χ3n) is 6.99. The molecule has 4 rings (SSSR count). The molecule has 0 aromatic heterocycles. The van der Waals surface area contributed by atoms with E-state index in [2.05, 4.69) is 5.32 Å². The van der Waals surface area contributed by atoms with Crippen molar-refractivity contribution in [2.45, 2.75) is 64.0 Å². The van der Waals surface area contributed by atoms with E-state index in [0.717, 1.165) is 61.9 Å². The number of hydrogen-bond acceptors (Lipinski definition) is 3. The van der Waals surface area contributed by atoms with Crippen LogP contribution >= 0.6 is 0 Å². The van der Waals surface area contributed by atoms with Crippen molar-refractivity contribution in [3.63, 3.8) is 0 Å². The molecule has 5 nitrogen and oxygen atoms in total. The quantitative estimate of drug-likeness (QED) is 0.596. The minimum atomic E-state index is -0.404.